The zero-order valence-corrected chi connectivity index (χ0v) is 13.6. The first-order valence-corrected chi connectivity index (χ1v) is 8.04. The number of hydrogen-bond donors (Lipinski definition) is 3. The van der Waals surface area contributed by atoms with Gasteiger partial charge in [-0.1, -0.05) is 11.6 Å². The van der Waals surface area contributed by atoms with Crippen molar-refractivity contribution in [3.63, 3.8) is 0 Å². The van der Waals surface area contributed by atoms with Crippen molar-refractivity contribution in [2.24, 2.45) is 0 Å². The van der Waals surface area contributed by atoms with E-state index in [1.807, 2.05) is 0 Å². The van der Waals surface area contributed by atoms with Crippen LogP contribution in [0.4, 0.5) is 11.5 Å². The number of nitrogens with zero attached hydrogens (tertiary/aromatic N) is 1. The van der Waals surface area contributed by atoms with Crippen molar-refractivity contribution in [2.75, 3.05) is 17.2 Å². The maximum atomic E-state index is 11.9. The second kappa shape index (κ2) is 7.31. The fraction of sp³-hybridized carbons (Fsp3) is 0.235. The summed E-state index contributed by atoms with van der Waals surface area (Å²) >= 11 is 5.74. The Balaban J connectivity index is 1.47. The van der Waals surface area contributed by atoms with Gasteiger partial charge in [0.25, 0.3) is 5.91 Å². The lowest BCUT2D eigenvalue weighted by atomic mass is 10.2. The minimum absolute atomic E-state index is 0.0596. The van der Waals surface area contributed by atoms with Crippen molar-refractivity contribution < 1.29 is 9.59 Å². The molecular formula is C17H17ClN4O2. The van der Waals surface area contributed by atoms with Crippen LogP contribution in [0.2, 0.25) is 5.02 Å². The predicted molar refractivity (Wildman–Crippen MR) is 93.3 cm³/mol. The van der Waals surface area contributed by atoms with Crippen molar-refractivity contribution in [3.05, 3.63) is 53.2 Å². The number of halogens is 1. The first-order valence-electron chi connectivity index (χ1n) is 7.66. The van der Waals surface area contributed by atoms with Gasteiger partial charge in [0, 0.05) is 23.5 Å². The molecule has 1 heterocycles. The number of benzene rings is 1. The molecule has 0 spiro atoms. The molecule has 1 saturated carbocycles. The average molecular weight is 345 g/mol. The maximum Gasteiger partial charge on any atom is 0.251 e. The summed E-state index contributed by atoms with van der Waals surface area (Å²) in [5.41, 5.74) is 1.37. The van der Waals surface area contributed by atoms with E-state index in [9.17, 15) is 9.59 Å². The molecule has 1 aliphatic carbocycles. The predicted octanol–water partition coefficient (Wildman–Crippen LogP) is 2.68. The van der Waals surface area contributed by atoms with Gasteiger partial charge in [0.2, 0.25) is 5.91 Å². The van der Waals surface area contributed by atoms with Crippen LogP contribution in [0.1, 0.15) is 23.2 Å². The van der Waals surface area contributed by atoms with E-state index >= 15 is 0 Å². The lowest BCUT2D eigenvalue weighted by Crippen LogP contribution is -2.25. The van der Waals surface area contributed by atoms with Crippen LogP contribution in [0.15, 0.2) is 42.6 Å². The molecule has 1 aromatic heterocycles. The second-order valence-electron chi connectivity index (χ2n) is 5.59. The Labute approximate surface area is 144 Å². The van der Waals surface area contributed by atoms with Gasteiger partial charge in [-0.2, -0.15) is 0 Å². The molecule has 24 heavy (non-hydrogen) atoms. The van der Waals surface area contributed by atoms with Gasteiger partial charge in [-0.3, -0.25) is 9.59 Å². The molecule has 0 atom stereocenters. The van der Waals surface area contributed by atoms with Crippen LogP contribution in [-0.2, 0) is 4.79 Å². The molecule has 2 amide bonds. The third kappa shape index (κ3) is 4.70. The molecule has 124 valence electrons. The summed E-state index contributed by atoms with van der Waals surface area (Å²) in [5, 5.41) is 9.10. The van der Waals surface area contributed by atoms with Gasteiger partial charge >= 0.3 is 0 Å². The number of aromatic nitrogens is 1. The third-order valence-electron chi connectivity index (χ3n) is 3.51. The normalized spacial score (nSPS) is 13.2. The highest BCUT2D eigenvalue weighted by Gasteiger charge is 2.23. The Hall–Kier alpha value is -2.60. The molecule has 0 unspecified atom stereocenters. The monoisotopic (exact) mass is 344 g/mol. The first kappa shape index (κ1) is 16.3. The molecule has 0 bridgehead atoms. The molecule has 1 fully saturated rings. The highest BCUT2D eigenvalue weighted by molar-refractivity contribution is 6.30. The highest BCUT2D eigenvalue weighted by Crippen LogP contribution is 2.19. The Kier molecular flexibility index (Phi) is 4.96. The Bertz CT molecular complexity index is 727. The van der Waals surface area contributed by atoms with E-state index in [1.165, 1.54) is 6.20 Å². The largest absolute Gasteiger partial charge is 0.376 e. The quantitative estimate of drug-likeness (QED) is 0.752. The molecule has 6 nitrogen and oxygen atoms in total. The van der Waals surface area contributed by atoms with Crippen molar-refractivity contribution in [2.45, 2.75) is 18.9 Å². The summed E-state index contributed by atoms with van der Waals surface area (Å²) in [7, 11) is 0. The van der Waals surface area contributed by atoms with Crippen LogP contribution in [0.25, 0.3) is 0 Å². The summed E-state index contributed by atoms with van der Waals surface area (Å²) in [5.74, 6) is 0.161. The van der Waals surface area contributed by atoms with E-state index < -0.39 is 0 Å². The minimum atomic E-state index is -0.222. The lowest BCUT2D eigenvalue weighted by Gasteiger charge is -2.08. The van der Waals surface area contributed by atoms with E-state index in [1.54, 1.807) is 36.4 Å². The van der Waals surface area contributed by atoms with E-state index in [0.717, 1.165) is 18.5 Å². The summed E-state index contributed by atoms with van der Waals surface area (Å²) in [6, 6.07) is 10.6. The van der Waals surface area contributed by atoms with Crippen LogP contribution in [0, 0.1) is 0 Å². The van der Waals surface area contributed by atoms with Gasteiger partial charge in [0.05, 0.1) is 11.6 Å². The number of rotatable bonds is 6. The summed E-state index contributed by atoms with van der Waals surface area (Å²) in [4.78, 5) is 27.7. The average Bonchev–Trinajstić information content (AvgIpc) is 3.39. The summed E-state index contributed by atoms with van der Waals surface area (Å²) in [6.07, 6.45) is 3.59. The molecule has 7 heteroatoms. The number of carbonyl (C=O) groups is 2. The van der Waals surface area contributed by atoms with Crippen molar-refractivity contribution in [1.29, 1.82) is 0 Å². The molecule has 1 aromatic carbocycles. The number of anilines is 2. The molecule has 0 aliphatic heterocycles. The van der Waals surface area contributed by atoms with Gasteiger partial charge in [0.15, 0.2) is 0 Å². The SMILES string of the molecule is O=C(CNc1ccc(C(=O)NC2CC2)cc1)Nc1ccc(Cl)cn1. The standard InChI is InChI=1S/C17H17ClN4O2/c18-12-3-8-15(20-9-12)22-16(23)10-19-13-4-1-11(2-5-13)17(24)21-14-6-7-14/h1-5,8-9,14,19H,6-7,10H2,(H,21,24)(H,20,22,23). The number of amides is 2. The van der Waals surface area contributed by atoms with Crippen molar-refractivity contribution in [3.8, 4) is 0 Å². The fourth-order valence-corrected chi connectivity index (χ4v) is 2.17. The van der Waals surface area contributed by atoms with Gasteiger partial charge in [0.1, 0.15) is 5.82 Å². The first-order chi connectivity index (χ1) is 11.6. The number of carbonyl (C=O) groups excluding carboxylic acids is 2. The van der Waals surface area contributed by atoms with Gasteiger partial charge < -0.3 is 16.0 Å². The fourth-order valence-electron chi connectivity index (χ4n) is 2.05. The zero-order valence-electron chi connectivity index (χ0n) is 12.9. The molecule has 1 aliphatic rings. The molecular weight excluding hydrogens is 328 g/mol. The van der Waals surface area contributed by atoms with Crippen LogP contribution >= 0.6 is 11.6 Å². The van der Waals surface area contributed by atoms with Crippen molar-refractivity contribution in [1.82, 2.24) is 10.3 Å². The third-order valence-corrected chi connectivity index (χ3v) is 3.73. The van der Waals surface area contributed by atoms with E-state index in [2.05, 4.69) is 20.9 Å². The highest BCUT2D eigenvalue weighted by atomic mass is 35.5. The zero-order chi connectivity index (χ0) is 16.9. The van der Waals surface area contributed by atoms with Crippen LogP contribution in [0.3, 0.4) is 0 Å². The Morgan fingerprint density at radius 3 is 2.50 bits per heavy atom. The summed E-state index contributed by atoms with van der Waals surface area (Å²) < 4.78 is 0. The lowest BCUT2D eigenvalue weighted by molar-refractivity contribution is -0.114. The van der Waals surface area contributed by atoms with Crippen LogP contribution < -0.4 is 16.0 Å². The van der Waals surface area contributed by atoms with Crippen LogP contribution in [-0.4, -0.2) is 29.4 Å². The number of hydrogen-bond acceptors (Lipinski definition) is 4. The minimum Gasteiger partial charge on any atom is -0.376 e. The Morgan fingerprint density at radius 2 is 1.88 bits per heavy atom. The number of nitrogens with one attached hydrogen (secondary N) is 3. The smallest absolute Gasteiger partial charge is 0.251 e. The van der Waals surface area contributed by atoms with E-state index in [4.69, 9.17) is 11.6 Å². The molecule has 3 N–H and O–H groups in total. The summed E-state index contributed by atoms with van der Waals surface area (Å²) in [6.45, 7) is 0.0952. The van der Waals surface area contributed by atoms with E-state index in [-0.39, 0.29) is 18.4 Å². The van der Waals surface area contributed by atoms with Crippen molar-refractivity contribution >= 4 is 34.9 Å². The topological polar surface area (TPSA) is 83.1 Å². The maximum absolute atomic E-state index is 11.9. The van der Waals surface area contributed by atoms with Gasteiger partial charge in [-0.15, -0.1) is 0 Å². The van der Waals surface area contributed by atoms with Gasteiger partial charge in [-0.25, -0.2) is 4.98 Å². The van der Waals surface area contributed by atoms with E-state index in [0.29, 0.717) is 22.4 Å². The Morgan fingerprint density at radius 1 is 1.12 bits per heavy atom. The molecule has 2 aromatic rings. The second-order valence-corrected chi connectivity index (χ2v) is 6.02. The molecule has 3 rings (SSSR count). The number of pyridine rings is 1. The van der Waals surface area contributed by atoms with Crippen LogP contribution in [0.5, 0.6) is 0 Å². The molecule has 0 radical (unpaired) electrons. The molecule has 0 saturated heterocycles. The van der Waals surface area contributed by atoms with Gasteiger partial charge in [-0.05, 0) is 49.2 Å².